The van der Waals surface area contributed by atoms with Crippen molar-refractivity contribution in [2.45, 2.75) is 30.0 Å². The SMILES string of the molecule is C[n+]1ncccc1SC1=C(C(=O)O)N2C(=O)[C@@H](NC(=O)/C(=N\O)c3nsc(N)n3)[C@H]2CC1. The van der Waals surface area contributed by atoms with Gasteiger partial charge in [0, 0.05) is 22.5 Å². The van der Waals surface area contributed by atoms with Gasteiger partial charge in [0.2, 0.25) is 11.5 Å². The highest BCUT2D eigenvalue weighted by atomic mass is 32.2. The minimum Gasteiger partial charge on any atom is -0.477 e. The van der Waals surface area contributed by atoms with Crippen LogP contribution in [-0.4, -0.2) is 65.2 Å². The largest absolute Gasteiger partial charge is 0.477 e. The molecule has 166 valence electrons. The maximum Gasteiger partial charge on any atom is 0.353 e. The summed E-state index contributed by atoms with van der Waals surface area (Å²) in [4.78, 5) is 42.8. The second kappa shape index (κ2) is 8.51. The molecule has 2 atom stereocenters. The molecule has 15 heteroatoms. The summed E-state index contributed by atoms with van der Waals surface area (Å²) in [7, 11) is 1.74. The van der Waals surface area contributed by atoms with Crippen LogP contribution >= 0.6 is 23.3 Å². The third-order valence-corrected chi connectivity index (χ3v) is 6.76. The number of aromatic nitrogens is 4. The van der Waals surface area contributed by atoms with Gasteiger partial charge in [-0.05, 0) is 35.8 Å². The molecule has 1 saturated heterocycles. The van der Waals surface area contributed by atoms with Crippen molar-refractivity contribution in [2.75, 3.05) is 5.73 Å². The zero-order valence-electron chi connectivity index (χ0n) is 16.5. The Hall–Kier alpha value is -3.59. The molecular weight excluding hydrogens is 460 g/mol. The number of nitrogens with two attached hydrogens (primary N) is 1. The van der Waals surface area contributed by atoms with E-state index in [0.29, 0.717) is 17.7 Å². The second-order valence-corrected chi connectivity index (χ2v) is 8.73. The van der Waals surface area contributed by atoms with Gasteiger partial charge in [-0.15, -0.1) is 0 Å². The van der Waals surface area contributed by atoms with Gasteiger partial charge in [0.25, 0.3) is 16.8 Å². The molecule has 13 nitrogen and oxygen atoms in total. The predicted octanol–water partition coefficient (Wildman–Crippen LogP) is -0.904. The number of thioether (sulfide) groups is 1. The van der Waals surface area contributed by atoms with Gasteiger partial charge in [-0.25, -0.2) is 4.79 Å². The van der Waals surface area contributed by atoms with Gasteiger partial charge in [0.1, 0.15) is 11.7 Å². The van der Waals surface area contributed by atoms with Crippen LogP contribution in [0.3, 0.4) is 0 Å². The Morgan fingerprint density at radius 2 is 2.25 bits per heavy atom. The Morgan fingerprint density at radius 3 is 2.88 bits per heavy atom. The van der Waals surface area contributed by atoms with Gasteiger partial charge >= 0.3 is 5.97 Å². The van der Waals surface area contributed by atoms with Crippen molar-refractivity contribution in [1.82, 2.24) is 24.7 Å². The maximum atomic E-state index is 12.8. The number of carboxylic acid groups (broad SMARTS) is 1. The average molecular weight is 478 g/mol. The number of carboxylic acids is 1. The molecule has 2 aromatic rings. The van der Waals surface area contributed by atoms with Gasteiger partial charge in [0.15, 0.2) is 12.2 Å². The van der Waals surface area contributed by atoms with Crippen molar-refractivity contribution >= 4 is 51.9 Å². The molecule has 0 saturated carbocycles. The molecule has 2 aliphatic heterocycles. The molecule has 5 N–H and O–H groups in total. The zero-order valence-corrected chi connectivity index (χ0v) is 18.1. The Bertz CT molecular complexity index is 1180. The van der Waals surface area contributed by atoms with Crippen LogP contribution in [0, 0.1) is 0 Å². The number of carbonyl (C=O) groups is 3. The summed E-state index contributed by atoms with van der Waals surface area (Å²) in [5.41, 5.74) is 4.88. The first-order valence-corrected chi connectivity index (χ1v) is 10.8. The Labute approximate surface area is 188 Å². The standard InChI is InChI=1S/C17H16N8O5S2/c1-24-9(3-2-6-19-24)31-8-5-4-7-10(15(27)25(7)12(8)16(28)29)20-14(26)11(22-30)13-21-17(18)32-23-13/h2-3,6-7,10H,4-5H2,1H3,(H4-,18,20,21,23,26,28,29,30)/p+1/t7-,10+/m1/s1. The molecule has 4 heterocycles. The smallest absolute Gasteiger partial charge is 0.353 e. The van der Waals surface area contributed by atoms with Crippen LogP contribution in [0.25, 0.3) is 0 Å². The molecule has 0 aliphatic carbocycles. The van der Waals surface area contributed by atoms with Crippen LogP contribution in [0.4, 0.5) is 5.13 Å². The fraction of sp³-hybridized carbons (Fsp3) is 0.294. The lowest BCUT2D eigenvalue weighted by Gasteiger charge is -2.49. The molecule has 2 aliphatic rings. The van der Waals surface area contributed by atoms with Crippen molar-refractivity contribution in [3.63, 3.8) is 0 Å². The van der Waals surface area contributed by atoms with E-state index in [0.717, 1.165) is 16.6 Å². The number of aliphatic carboxylic acids is 1. The first kappa shape index (κ1) is 21.6. The monoisotopic (exact) mass is 477 g/mol. The van der Waals surface area contributed by atoms with E-state index in [1.54, 1.807) is 30.1 Å². The summed E-state index contributed by atoms with van der Waals surface area (Å²) in [6, 6.07) is 2.02. The highest BCUT2D eigenvalue weighted by Crippen LogP contribution is 2.42. The lowest BCUT2D eigenvalue weighted by atomic mass is 9.86. The lowest BCUT2D eigenvalue weighted by molar-refractivity contribution is -0.765. The number of amides is 2. The van der Waals surface area contributed by atoms with Gasteiger partial charge in [-0.2, -0.15) is 9.36 Å². The molecule has 0 bridgehead atoms. The third-order valence-electron chi connectivity index (χ3n) is 4.96. The number of aryl methyl sites for hydroxylation is 1. The van der Waals surface area contributed by atoms with Gasteiger partial charge in [0.05, 0.1) is 12.2 Å². The molecule has 32 heavy (non-hydrogen) atoms. The van der Waals surface area contributed by atoms with E-state index in [-0.39, 0.29) is 16.7 Å². The topological polar surface area (TPSA) is 188 Å². The number of nitrogens with zero attached hydrogens (tertiary/aromatic N) is 6. The first-order chi connectivity index (χ1) is 15.3. The van der Waals surface area contributed by atoms with Gasteiger partial charge < -0.3 is 21.4 Å². The highest BCUT2D eigenvalue weighted by Gasteiger charge is 2.54. The van der Waals surface area contributed by atoms with E-state index < -0.39 is 35.6 Å². The number of hydrogen-bond acceptors (Lipinski definition) is 11. The molecule has 0 unspecified atom stereocenters. The third kappa shape index (κ3) is 3.75. The summed E-state index contributed by atoms with van der Waals surface area (Å²) < 4.78 is 5.43. The van der Waals surface area contributed by atoms with Crippen LogP contribution in [0.15, 0.2) is 39.1 Å². The van der Waals surface area contributed by atoms with Crippen LogP contribution in [0.5, 0.6) is 0 Å². The normalized spacial score (nSPS) is 20.6. The molecule has 0 radical (unpaired) electrons. The summed E-state index contributed by atoms with van der Waals surface area (Å²) >= 11 is 2.05. The molecule has 2 aromatic heterocycles. The number of carbonyl (C=O) groups excluding carboxylic acids is 2. The molecule has 2 amide bonds. The van der Waals surface area contributed by atoms with Gasteiger partial charge in [-0.1, -0.05) is 9.84 Å². The van der Waals surface area contributed by atoms with Crippen molar-refractivity contribution in [3.8, 4) is 0 Å². The van der Waals surface area contributed by atoms with E-state index in [1.165, 1.54) is 16.7 Å². The summed E-state index contributed by atoms with van der Waals surface area (Å²) in [5, 5.41) is 29.3. The van der Waals surface area contributed by atoms with Crippen molar-refractivity contribution in [2.24, 2.45) is 12.2 Å². The number of nitrogen functional groups attached to an aromatic ring is 1. The van der Waals surface area contributed by atoms with Crippen molar-refractivity contribution in [1.29, 1.82) is 0 Å². The number of hydrogen-bond donors (Lipinski definition) is 4. The molecule has 0 spiro atoms. The van der Waals surface area contributed by atoms with E-state index in [2.05, 4.69) is 24.9 Å². The number of anilines is 1. The summed E-state index contributed by atoms with van der Waals surface area (Å²) in [6.07, 6.45) is 2.44. The van der Waals surface area contributed by atoms with Crippen molar-refractivity contribution in [3.05, 3.63) is 34.8 Å². The highest BCUT2D eigenvalue weighted by molar-refractivity contribution is 8.03. The lowest BCUT2D eigenvalue weighted by Crippen LogP contribution is -2.72. The first-order valence-electron chi connectivity index (χ1n) is 9.23. The number of oxime groups is 1. The maximum absolute atomic E-state index is 12.8. The molecule has 4 rings (SSSR count). The quantitative estimate of drug-likeness (QED) is 0.133. The van der Waals surface area contributed by atoms with E-state index in [9.17, 15) is 24.7 Å². The van der Waals surface area contributed by atoms with Crippen LogP contribution in [-0.2, 0) is 21.4 Å². The number of allylic oxidation sites excluding steroid dienone is 1. The number of nitrogens with one attached hydrogen (secondary N) is 1. The summed E-state index contributed by atoms with van der Waals surface area (Å²) in [5.74, 6) is -2.85. The van der Waals surface area contributed by atoms with E-state index >= 15 is 0 Å². The molecule has 0 aromatic carbocycles. The zero-order chi connectivity index (χ0) is 23.0. The number of rotatable bonds is 6. The number of β-lactam (4-membered cyclic amide) rings is 1. The number of fused-ring (bicyclic) bond motifs is 1. The van der Waals surface area contributed by atoms with Crippen LogP contribution in [0.1, 0.15) is 18.7 Å². The fourth-order valence-electron chi connectivity index (χ4n) is 3.52. The fourth-order valence-corrected chi connectivity index (χ4v) is 5.03. The summed E-state index contributed by atoms with van der Waals surface area (Å²) in [6.45, 7) is 0. The van der Waals surface area contributed by atoms with E-state index in [4.69, 9.17) is 5.73 Å². The van der Waals surface area contributed by atoms with Gasteiger partial charge in [-0.3, -0.25) is 14.5 Å². The van der Waals surface area contributed by atoms with E-state index in [1.807, 2.05) is 0 Å². The Balaban J connectivity index is 1.54. The molecular formula is C17H17N8O5S2+. The van der Waals surface area contributed by atoms with Crippen LogP contribution in [0.2, 0.25) is 0 Å². The van der Waals surface area contributed by atoms with Crippen LogP contribution < -0.4 is 15.7 Å². The minimum absolute atomic E-state index is 0.0791. The minimum atomic E-state index is -1.23. The van der Waals surface area contributed by atoms with Crippen molar-refractivity contribution < 1.29 is 29.4 Å². The second-order valence-electron chi connectivity index (χ2n) is 6.83. The Morgan fingerprint density at radius 1 is 1.47 bits per heavy atom. The Kier molecular flexibility index (Phi) is 5.75. The average Bonchev–Trinajstić information content (AvgIpc) is 3.19. The predicted molar refractivity (Wildman–Crippen MR) is 110 cm³/mol. The molecule has 1 fully saturated rings.